The molecule has 0 atom stereocenters. The van der Waals surface area contributed by atoms with Gasteiger partial charge in [0.15, 0.2) is 0 Å². The smallest absolute Gasteiger partial charge is 0.0951 e. The van der Waals surface area contributed by atoms with Crippen LogP contribution in [0.15, 0.2) is 0 Å². The minimum Gasteiger partial charge on any atom is -0.281 e. The molecule has 0 saturated heterocycles. The molecule has 2 heterocycles. The van der Waals surface area contributed by atoms with Gasteiger partial charge < -0.3 is 0 Å². The topological polar surface area (TPSA) is 34.0 Å². The minimum absolute atomic E-state index is 0.885. The molecule has 0 spiro atoms. The van der Waals surface area contributed by atoms with E-state index in [2.05, 4.69) is 22.3 Å². The SMILES string of the molecule is Cc1nnn2c1CN(C)C2. The fourth-order valence-corrected chi connectivity index (χ4v) is 1.26. The Balaban J connectivity index is 2.44. The van der Waals surface area contributed by atoms with E-state index in [1.54, 1.807) is 0 Å². The summed E-state index contributed by atoms with van der Waals surface area (Å²) < 4.78 is 1.94. The van der Waals surface area contributed by atoms with Crippen LogP contribution in [0.4, 0.5) is 0 Å². The van der Waals surface area contributed by atoms with Crippen LogP contribution >= 0.6 is 0 Å². The van der Waals surface area contributed by atoms with Gasteiger partial charge in [0.05, 0.1) is 18.1 Å². The Labute approximate surface area is 59.4 Å². The third kappa shape index (κ3) is 0.654. The second kappa shape index (κ2) is 1.79. The Morgan fingerprint density at radius 2 is 2.30 bits per heavy atom. The van der Waals surface area contributed by atoms with Crippen molar-refractivity contribution in [1.29, 1.82) is 0 Å². The second-order valence-electron chi connectivity index (χ2n) is 2.78. The van der Waals surface area contributed by atoms with Crippen LogP contribution in [0.1, 0.15) is 11.4 Å². The lowest BCUT2D eigenvalue weighted by molar-refractivity contribution is 0.302. The molecule has 0 saturated carbocycles. The highest BCUT2D eigenvalue weighted by atomic mass is 15.5. The highest BCUT2D eigenvalue weighted by Gasteiger charge is 2.18. The lowest BCUT2D eigenvalue weighted by atomic mass is 10.3. The van der Waals surface area contributed by atoms with Gasteiger partial charge in [0, 0.05) is 6.54 Å². The summed E-state index contributed by atoms with van der Waals surface area (Å²) >= 11 is 0. The van der Waals surface area contributed by atoms with Gasteiger partial charge in [-0.3, -0.25) is 4.90 Å². The zero-order valence-electron chi connectivity index (χ0n) is 6.20. The van der Waals surface area contributed by atoms with E-state index < -0.39 is 0 Å². The van der Waals surface area contributed by atoms with E-state index in [4.69, 9.17) is 0 Å². The molecule has 10 heavy (non-hydrogen) atoms. The Bertz CT molecular complexity index is 252. The molecule has 0 bridgehead atoms. The maximum absolute atomic E-state index is 3.97. The van der Waals surface area contributed by atoms with E-state index in [0.717, 1.165) is 18.9 Å². The van der Waals surface area contributed by atoms with Crippen molar-refractivity contribution in [3.63, 3.8) is 0 Å². The van der Waals surface area contributed by atoms with Crippen LogP contribution in [0.3, 0.4) is 0 Å². The Hall–Kier alpha value is -0.900. The summed E-state index contributed by atoms with van der Waals surface area (Å²) in [5.74, 6) is 0. The molecule has 0 N–H and O–H groups in total. The first-order valence-electron chi connectivity index (χ1n) is 3.35. The van der Waals surface area contributed by atoms with Gasteiger partial charge in [-0.2, -0.15) is 0 Å². The molecule has 0 fully saturated rings. The maximum Gasteiger partial charge on any atom is 0.0951 e. The first kappa shape index (κ1) is 5.85. The van der Waals surface area contributed by atoms with Gasteiger partial charge in [-0.1, -0.05) is 5.21 Å². The van der Waals surface area contributed by atoms with E-state index in [0.29, 0.717) is 0 Å². The standard InChI is InChI=1S/C6H10N4/c1-5-6-3-9(2)4-10(6)8-7-5/h3-4H2,1-2H3. The summed E-state index contributed by atoms with van der Waals surface area (Å²) in [5.41, 5.74) is 2.31. The number of rotatable bonds is 0. The first-order chi connectivity index (χ1) is 4.77. The van der Waals surface area contributed by atoms with Crippen LogP contribution in [0.5, 0.6) is 0 Å². The third-order valence-electron chi connectivity index (χ3n) is 1.83. The van der Waals surface area contributed by atoms with Crippen LogP contribution in [-0.4, -0.2) is 26.9 Å². The van der Waals surface area contributed by atoms with Gasteiger partial charge in [0.2, 0.25) is 0 Å². The predicted molar refractivity (Wildman–Crippen MR) is 36.2 cm³/mol. The van der Waals surface area contributed by atoms with Gasteiger partial charge in [-0.25, -0.2) is 4.68 Å². The number of hydrogen-bond donors (Lipinski definition) is 0. The summed E-state index contributed by atoms with van der Waals surface area (Å²) in [4.78, 5) is 2.21. The third-order valence-corrected chi connectivity index (χ3v) is 1.83. The predicted octanol–water partition coefficient (Wildman–Crippen LogP) is -0.0106. The molecule has 0 aromatic carbocycles. The number of aryl methyl sites for hydroxylation is 1. The summed E-state index contributed by atoms with van der Waals surface area (Å²) in [7, 11) is 2.08. The van der Waals surface area contributed by atoms with Gasteiger partial charge >= 0.3 is 0 Å². The Morgan fingerprint density at radius 3 is 3.00 bits per heavy atom. The second-order valence-corrected chi connectivity index (χ2v) is 2.78. The summed E-state index contributed by atoms with van der Waals surface area (Å²) in [6.07, 6.45) is 0. The van der Waals surface area contributed by atoms with Crippen LogP contribution in [-0.2, 0) is 13.2 Å². The zero-order chi connectivity index (χ0) is 7.14. The van der Waals surface area contributed by atoms with Gasteiger partial charge in [-0.05, 0) is 14.0 Å². The summed E-state index contributed by atoms with van der Waals surface area (Å²) in [6, 6.07) is 0. The molecule has 4 heteroatoms. The molecule has 1 aromatic heterocycles. The highest BCUT2D eigenvalue weighted by molar-refractivity contribution is 5.09. The van der Waals surface area contributed by atoms with Crippen molar-refractivity contribution in [3.8, 4) is 0 Å². The molecule has 0 aliphatic carbocycles. The van der Waals surface area contributed by atoms with Gasteiger partial charge in [0.1, 0.15) is 0 Å². The largest absolute Gasteiger partial charge is 0.281 e. The summed E-state index contributed by atoms with van der Waals surface area (Å²) in [6.45, 7) is 3.87. The van der Waals surface area contributed by atoms with Crippen molar-refractivity contribution in [1.82, 2.24) is 19.9 Å². The lowest BCUT2D eigenvalue weighted by Crippen LogP contribution is -2.11. The van der Waals surface area contributed by atoms with E-state index >= 15 is 0 Å². The zero-order valence-corrected chi connectivity index (χ0v) is 6.20. The van der Waals surface area contributed by atoms with E-state index in [9.17, 15) is 0 Å². The highest BCUT2D eigenvalue weighted by Crippen LogP contribution is 2.13. The molecule has 0 unspecified atom stereocenters. The number of nitrogens with zero attached hydrogens (tertiary/aromatic N) is 4. The molecular weight excluding hydrogens is 128 g/mol. The van der Waals surface area contributed by atoms with Gasteiger partial charge in [-0.15, -0.1) is 5.10 Å². The van der Waals surface area contributed by atoms with E-state index in [1.165, 1.54) is 5.69 Å². The molecule has 1 aliphatic heterocycles. The van der Waals surface area contributed by atoms with Crippen LogP contribution in [0, 0.1) is 6.92 Å². The molecule has 2 rings (SSSR count). The van der Waals surface area contributed by atoms with Gasteiger partial charge in [0.25, 0.3) is 0 Å². The molecular formula is C6H10N4. The fourth-order valence-electron chi connectivity index (χ4n) is 1.26. The van der Waals surface area contributed by atoms with Crippen molar-refractivity contribution in [2.45, 2.75) is 20.1 Å². The molecule has 0 radical (unpaired) electrons. The molecule has 54 valence electrons. The summed E-state index contributed by atoms with van der Waals surface area (Å²) in [5, 5.41) is 7.93. The minimum atomic E-state index is 0.885. The van der Waals surface area contributed by atoms with Crippen molar-refractivity contribution >= 4 is 0 Å². The molecule has 1 aliphatic rings. The molecule has 4 nitrogen and oxygen atoms in total. The Morgan fingerprint density at radius 1 is 1.50 bits per heavy atom. The maximum atomic E-state index is 3.97. The lowest BCUT2D eigenvalue weighted by Gasteiger charge is -2.02. The Kier molecular flexibility index (Phi) is 1.05. The number of hydrogen-bond acceptors (Lipinski definition) is 3. The normalized spacial score (nSPS) is 17.8. The average Bonchev–Trinajstić information content (AvgIpc) is 2.35. The average molecular weight is 138 g/mol. The van der Waals surface area contributed by atoms with Crippen molar-refractivity contribution in [3.05, 3.63) is 11.4 Å². The van der Waals surface area contributed by atoms with Crippen LogP contribution < -0.4 is 0 Å². The number of fused-ring (bicyclic) bond motifs is 1. The molecule has 1 aromatic rings. The van der Waals surface area contributed by atoms with Crippen LogP contribution in [0.2, 0.25) is 0 Å². The quantitative estimate of drug-likeness (QED) is 0.505. The van der Waals surface area contributed by atoms with E-state index in [1.807, 2.05) is 11.6 Å². The molecule has 0 amide bonds. The van der Waals surface area contributed by atoms with Crippen molar-refractivity contribution in [2.75, 3.05) is 7.05 Å². The fraction of sp³-hybridized carbons (Fsp3) is 0.667. The number of aromatic nitrogens is 3. The first-order valence-corrected chi connectivity index (χ1v) is 3.35. The van der Waals surface area contributed by atoms with E-state index in [-0.39, 0.29) is 0 Å². The van der Waals surface area contributed by atoms with Crippen molar-refractivity contribution in [2.24, 2.45) is 0 Å². The van der Waals surface area contributed by atoms with Crippen LogP contribution in [0.25, 0.3) is 0 Å². The van der Waals surface area contributed by atoms with Crippen molar-refractivity contribution < 1.29 is 0 Å². The monoisotopic (exact) mass is 138 g/mol.